The molecule has 0 spiro atoms. The van der Waals surface area contributed by atoms with E-state index in [0.29, 0.717) is 36.4 Å². The summed E-state index contributed by atoms with van der Waals surface area (Å²) in [6.45, 7) is 24.0. The fraction of sp³-hybridized carbons (Fsp3) is 0.760. The molecule has 10 heteroatoms. The van der Waals surface area contributed by atoms with Gasteiger partial charge in [-0.3, -0.25) is 24.1 Å². The van der Waals surface area contributed by atoms with Crippen LogP contribution in [0.15, 0.2) is 35.4 Å². The van der Waals surface area contributed by atoms with Crippen molar-refractivity contribution in [2.75, 3.05) is 33.7 Å². The first-order chi connectivity index (χ1) is 27.8. The van der Waals surface area contributed by atoms with Gasteiger partial charge in [-0.25, -0.2) is 0 Å². The normalized spacial score (nSPS) is 34.2. The molecule has 5 aliphatic carbocycles. The van der Waals surface area contributed by atoms with Crippen molar-refractivity contribution in [3.8, 4) is 0 Å². The number of ether oxygens (including phenoxy) is 2. The molecule has 0 bridgehead atoms. The lowest BCUT2D eigenvalue weighted by atomic mass is 9.33. The maximum absolute atomic E-state index is 14.6. The SMILES string of the molecule is CC(=O)O[C@@H](CN(CCN(C)C)Cc1ccc(Cl)cc1)[C@@]12CC[C@]3(C)[C@H](CC[C@@H]4[C@@]5(C)CC[C@H](OC(=O)CC(C)(C)C(=O)O)C(C)(C)C5CC[C@]43C)C1=C(C(C)C)C(=O)C2. The van der Waals surface area contributed by atoms with Gasteiger partial charge in [-0.2, -0.15) is 0 Å². The molecule has 9 atom stereocenters. The lowest BCUT2D eigenvalue weighted by Crippen LogP contribution is -2.66. The average molecular weight is 852 g/mol. The number of carboxylic acid groups (broad SMARTS) is 1. The number of rotatable bonds is 14. The number of carbonyl (C=O) groups is 4. The van der Waals surface area contributed by atoms with Gasteiger partial charge in [0.1, 0.15) is 12.2 Å². The second kappa shape index (κ2) is 16.7. The van der Waals surface area contributed by atoms with Crippen molar-refractivity contribution in [1.29, 1.82) is 0 Å². The van der Waals surface area contributed by atoms with Crippen LogP contribution in [-0.4, -0.2) is 84.5 Å². The van der Waals surface area contributed by atoms with Crippen LogP contribution in [0.5, 0.6) is 0 Å². The number of allylic oxidation sites excluding steroid dienone is 1. The number of halogens is 1. The van der Waals surface area contributed by atoms with Crippen molar-refractivity contribution >= 4 is 35.3 Å². The molecule has 9 nitrogen and oxygen atoms in total. The van der Waals surface area contributed by atoms with Crippen LogP contribution in [0.3, 0.4) is 0 Å². The minimum absolute atomic E-state index is 0.00240. The molecule has 0 aromatic heterocycles. The molecule has 1 N–H and O–H groups in total. The van der Waals surface area contributed by atoms with Gasteiger partial charge in [0, 0.05) is 55.4 Å². The van der Waals surface area contributed by atoms with E-state index in [1.165, 1.54) is 12.5 Å². The van der Waals surface area contributed by atoms with Crippen LogP contribution in [-0.2, 0) is 35.2 Å². The highest BCUT2D eigenvalue weighted by Crippen LogP contribution is 2.77. The van der Waals surface area contributed by atoms with Crippen molar-refractivity contribution in [2.24, 2.45) is 56.2 Å². The second-order valence-electron chi connectivity index (χ2n) is 22.3. The zero-order chi connectivity index (χ0) is 44.4. The molecule has 0 heterocycles. The molecule has 0 radical (unpaired) electrons. The standard InChI is InChI=1S/C50H75ClN2O7/c1-31(2)42-36(55)27-50(40(59-32(3)54)30-53(26-25-52(11)12)29-33-13-15-34(51)16-14-33)24-23-48(9)35(43(42)50)17-18-38-47(8)21-20-39(60-41(56)28-45(4,5)44(57)58)46(6,7)37(47)19-22-49(38,48)10/h13-16,31,35,37-40H,17-30H2,1-12H3,(H,57,58)/t35-,37?,38-,39+,40+,47+,48-,49-,50+/m1/s1. The van der Waals surface area contributed by atoms with Crippen LogP contribution < -0.4 is 0 Å². The Labute approximate surface area is 365 Å². The quantitative estimate of drug-likeness (QED) is 0.183. The fourth-order valence-electron chi connectivity index (χ4n) is 14.1. The summed E-state index contributed by atoms with van der Waals surface area (Å²) < 4.78 is 12.7. The van der Waals surface area contributed by atoms with Crippen LogP contribution in [0.25, 0.3) is 0 Å². The van der Waals surface area contributed by atoms with E-state index < -0.39 is 28.9 Å². The number of hydrogen-bond donors (Lipinski definition) is 1. The number of ketones is 1. The molecule has 4 fully saturated rings. The van der Waals surface area contributed by atoms with Gasteiger partial charge in [-0.1, -0.05) is 72.2 Å². The number of likely N-dealkylation sites (N-methyl/N-ethyl adjacent to an activating group) is 1. The summed E-state index contributed by atoms with van der Waals surface area (Å²) in [6.07, 6.45) is 7.11. The maximum atomic E-state index is 14.6. The smallest absolute Gasteiger partial charge is 0.309 e. The number of hydrogen-bond acceptors (Lipinski definition) is 8. The van der Waals surface area contributed by atoms with E-state index in [0.717, 1.165) is 75.6 Å². The van der Waals surface area contributed by atoms with Crippen LogP contribution in [0, 0.1) is 56.2 Å². The van der Waals surface area contributed by atoms with Crippen molar-refractivity contribution in [1.82, 2.24) is 9.80 Å². The van der Waals surface area contributed by atoms with Gasteiger partial charge in [0.25, 0.3) is 0 Å². The van der Waals surface area contributed by atoms with Crippen LogP contribution in [0.4, 0.5) is 0 Å². The molecule has 60 heavy (non-hydrogen) atoms. The topological polar surface area (TPSA) is 113 Å². The Morgan fingerprint density at radius 2 is 1.57 bits per heavy atom. The second-order valence-corrected chi connectivity index (χ2v) is 22.8. The van der Waals surface area contributed by atoms with Gasteiger partial charge in [0.15, 0.2) is 5.78 Å². The number of carbonyl (C=O) groups excluding carboxylic acids is 3. The number of Topliss-reactive ketones (excluding diaryl/α,β-unsaturated/α-hetero) is 1. The first kappa shape index (κ1) is 46.7. The molecule has 1 aromatic carbocycles. The number of nitrogens with zero attached hydrogens (tertiary/aromatic N) is 2. The molecule has 6 rings (SSSR count). The highest BCUT2D eigenvalue weighted by Gasteiger charge is 2.71. The predicted octanol–water partition coefficient (Wildman–Crippen LogP) is 10.0. The lowest BCUT2D eigenvalue weighted by Gasteiger charge is -2.72. The summed E-state index contributed by atoms with van der Waals surface area (Å²) in [5.41, 5.74) is 1.36. The summed E-state index contributed by atoms with van der Waals surface area (Å²) >= 11 is 6.28. The summed E-state index contributed by atoms with van der Waals surface area (Å²) in [5, 5.41) is 10.4. The minimum atomic E-state index is -1.18. The molecule has 4 saturated carbocycles. The third kappa shape index (κ3) is 8.15. The van der Waals surface area contributed by atoms with Crippen LogP contribution in [0.2, 0.25) is 5.02 Å². The average Bonchev–Trinajstić information content (AvgIpc) is 3.45. The zero-order valence-corrected chi connectivity index (χ0v) is 39.6. The van der Waals surface area contributed by atoms with E-state index in [4.69, 9.17) is 21.1 Å². The van der Waals surface area contributed by atoms with Gasteiger partial charge in [0.05, 0.1) is 11.8 Å². The molecular weight excluding hydrogens is 776 g/mol. The van der Waals surface area contributed by atoms with E-state index in [-0.39, 0.29) is 57.8 Å². The van der Waals surface area contributed by atoms with Gasteiger partial charge in [0.2, 0.25) is 0 Å². The third-order valence-corrected chi connectivity index (χ3v) is 17.6. The third-order valence-electron chi connectivity index (χ3n) is 17.4. The van der Waals surface area contributed by atoms with E-state index in [1.54, 1.807) is 13.8 Å². The molecule has 5 aliphatic rings. The van der Waals surface area contributed by atoms with Gasteiger partial charge in [-0.05, 0) is 148 Å². The van der Waals surface area contributed by atoms with Crippen LogP contribution in [0.1, 0.15) is 139 Å². The number of fused-ring (bicyclic) bond motifs is 7. The molecule has 334 valence electrons. The van der Waals surface area contributed by atoms with Crippen molar-refractivity contribution < 1.29 is 33.8 Å². The number of esters is 2. The summed E-state index contributed by atoms with van der Waals surface area (Å²) in [6, 6.07) is 7.98. The first-order valence-corrected chi connectivity index (χ1v) is 23.2. The van der Waals surface area contributed by atoms with Gasteiger partial charge in [-0.15, -0.1) is 0 Å². The zero-order valence-electron chi connectivity index (χ0n) is 38.8. The van der Waals surface area contributed by atoms with E-state index >= 15 is 0 Å². The Morgan fingerprint density at radius 1 is 0.900 bits per heavy atom. The molecular formula is C50H75ClN2O7. The molecule has 0 amide bonds. The summed E-state index contributed by atoms with van der Waals surface area (Å²) in [7, 11) is 4.15. The molecule has 0 saturated heterocycles. The first-order valence-electron chi connectivity index (χ1n) is 22.8. The largest absolute Gasteiger partial charge is 0.481 e. The Hall–Kier alpha value is -2.75. The molecule has 1 unspecified atom stereocenters. The molecule has 0 aliphatic heterocycles. The maximum Gasteiger partial charge on any atom is 0.309 e. The monoisotopic (exact) mass is 851 g/mol. The highest BCUT2D eigenvalue weighted by molar-refractivity contribution is 6.30. The Morgan fingerprint density at radius 3 is 2.17 bits per heavy atom. The Balaban J connectivity index is 1.33. The highest BCUT2D eigenvalue weighted by atomic mass is 35.5. The molecule has 1 aromatic rings. The van der Waals surface area contributed by atoms with E-state index in [1.807, 2.05) is 12.1 Å². The van der Waals surface area contributed by atoms with E-state index in [2.05, 4.69) is 84.5 Å². The van der Waals surface area contributed by atoms with Gasteiger partial charge >= 0.3 is 17.9 Å². The number of benzene rings is 1. The van der Waals surface area contributed by atoms with Crippen molar-refractivity contribution in [3.63, 3.8) is 0 Å². The lowest BCUT2D eigenvalue weighted by molar-refractivity contribution is -0.235. The Kier molecular flexibility index (Phi) is 13.0. The summed E-state index contributed by atoms with van der Waals surface area (Å²) in [4.78, 5) is 57.4. The fourth-order valence-corrected chi connectivity index (χ4v) is 14.2. The predicted molar refractivity (Wildman–Crippen MR) is 236 cm³/mol. The van der Waals surface area contributed by atoms with Crippen molar-refractivity contribution in [3.05, 3.63) is 46.0 Å². The van der Waals surface area contributed by atoms with Crippen LogP contribution >= 0.6 is 11.6 Å². The Bertz CT molecular complexity index is 1850. The van der Waals surface area contributed by atoms with E-state index in [9.17, 15) is 24.3 Å². The minimum Gasteiger partial charge on any atom is -0.481 e. The summed E-state index contributed by atoms with van der Waals surface area (Å²) in [5.74, 6) is -0.457. The number of carboxylic acids is 1. The van der Waals surface area contributed by atoms with Gasteiger partial charge < -0.3 is 19.5 Å². The number of aliphatic carboxylic acids is 1. The van der Waals surface area contributed by atoms with Crippen molar-refractivity contribution in [2.45, 2.75) is 152 Å².